The normalized spacial score (nSPS) is 24.3. The minimum atomic E-state index is -0.237. The Labute approximate surface area is 191 Å². The second-order valence-corrected chi connectivity index (χ2v) is 10.1. The first kappa shape index (κ1) is 23.1. The summed E-state index contributed by atoms with van der Waals surface area (Å²) in [6, 6.07) is 4.32. The zero-order valence-electron chi connectivity index (χ0n) is 19.9. The highest BCUT2D eigenvalue weighted by Gasteiger charge is 2.58. The van der Waals surface area contributed by atoms with Gasteiger partial charge in [-0.3, -0.25) is 4.79 Å². The lowest BCUT2D eigenvalue weighted by atomic mass is 9.90. The second kappa shape index (κ2) is 9.86. The molecule has 32 heavy (non-hydrogen) atoms. The molecule has 7 heteroatoms. The molecule has 1 aromatic rings. The standard InChI is InChI=1S/C25H39N3O4/c1-4-31-24(30)28-13-8-20(9-14-28)26-23(29)21-17-25(21)10-15-27(16-11-25)12-7-18(2)22-6-5-19(3)32-22/h5-6,18,20-21H,4,7-17H2,1-3H3,(H,26,29)/t18-,21-/m1/s1. The molecular weight excluding hydrogens is 406 g/mol. The van der Waals surface area contributed by atoms with E-state index < -0.39 is 0 Å². The van der Waals surface area contributed by atoms with E-state index in [2.05, 4.69) is 23.2 Å². The molecule has 4 rings (SSSR count). The van der Waals surface area contributed by atoms with E-state index >= 15 is 0 Å². The molecule has 7 nitrogen and oxygen atoms in total. The van der Waals surface area contributed by atoms with Crippen LogP contribution in [0.15, 0.2) is 16.5 Å². The fourth-order valence-corrected chi connectivity index (χ4v) is 5.45. The Morgan fingerprint density at radius 2 is 1.94 bits per heavy atom. The Bertz CT molecular complexity index is 791. The van der Waals surface area contributed by atoms with Crippen molar-refractivity contribution in [2.24, 2.45) is 11.3 Å². The monoisotopic (exact) mass is 445 g/mol. The number of likely N-dealkylation sites (tertiary alicyclic amines) is 2. The maximum atomic E-state index is 12.9. The number of piperidine rings is 2. The summed E-state index contributed by atoms with van der Waals surface area (Å²) in [5, 5.41) is 3.27. The lowest BCUT2D eigenvalue weighted by Gasteiger charge is -2.34. The molecule has 0 unspecified atom stereocenters. The highest BCUT2D eigenvalue weighted by molar-refractivity contribution is 5.83. The molecule has 1 aromatic heterocycles. The number of aryl methyl sites for hydroxylation is 1. The molecule has 2 aliphatic heterocycles. The van der Waals surface area contributed by atoms with Crippen LogP contribution in [-0.4, -0.2) is 67.2 Å². The molecule has 2 amide bonds. The van der Waals surface area contributed by atoms with Crippen molar-refractivity contribution in [1.82, 2.24) is 15.1 Å². The Hall–Kier alpha value is -2.02. The minimum absolute atomic E-state index is 0.178. The van der Waals surface area contributed by atoms with Gasteiger partial charge < -0.3 is 24.3 Å². The van der Waals surface area contributed by atoms with Crippen molar-refractivity contribution in [2.75, 3.05) is 39.3 Å². The van der Waals surface area contributed by atoms with E-state index in [1.165, 1.54) is 0 Å². The van der Waals surface area contributed by atoms with Crippen LogP contribution in [0.2, 0.25) is 0 Å². The molecule has 3 fully saturated rings. The lowest BCUT2D eigenvalue weighted by molar-refractivity contribution is -0.124. The predicted molar refractivity (Wildman–Crippen MR) is 122 cm³/mol. The third-order valence-electron chi connectivity index (χ3n) is 7.85. The average Bonchev–Trinajstić information content (AvgIpc) is 3.31. The van der Waals surface area contributed by atoms with E-state index in [9.17, 15) is 9.59 Å². The number of nitrogens with one attached hydrogen (secondary N) is 1. The van der Waals surface area contributed by atoms with Gasteiger partial charge in [-0.1, -0.05) is 6.92 Å². The molecule has 178 valence electrons. The highest BCUT2D eigenvalue weighted by Crippen LogP contribution is 2.59. The number of nitrogens with zero attached hydrogens (tertiary/aromatic N) is 2. The molecule has 3 heterocycles. The van der Waals surface area contributed by atoms with Gasteiger partial charge >= 0.3 is 6.09 Å². The van der Waals surface area contributed by atoms with Crippen LogP contribution in [0.4, 0.5) is 4.79 Å². The zero-order chi connectivity index (χ0) is 22.7. The molecule has 2 saturated heterocycles. The number of hydrogen-bond acceptors (Lipinski definition) is 5. The van der Waals surface area contributed by atoms with Crippen LogP contribution in [-0.2, 0) is 9.53 Å². The summed E-state index contributed by atoms with van der Waals surface area (Å²) < 4.78 is 10.8. The summed E-state index contributed by atoms with van der Waals surface area (Å²) in [5.41, 5.74) is 0.232. The van der Waals surface area contributed by atoms with Crippen molar-refractivity contribution in [1.29, 1.82) is 0 Å². The Balaban J connectivity index is 1.15. The first-order valence-electron chi connectivity index (χ1n) is 12.4. The Kier molecular flexibility index (Phi) is 7.13. The van der Waals surface area contributed by atoms with Crippen molar-refractivity contribution in [3.05, 3.63) is 23.7 Å². The number of rotatable bonds is 7. The van der Waals surface area contributed by atoms with E-state index in [0.29, 0.717) is 25.6 Å². The van der Waals surface area contributed by atoms with Crippen LogP contribution < -0.4 is 5.32 Å². The summed E-state index contributed by atoms with van der Waals surface area (Å²) in [4.78, 5) is 29.0. The first-order chi connectivity index (χ1) is 15.4. The van der Waals surface area contributed by atoms with Gasteiger partial charge in [0.25, 0.3) is 0 Å². The van der Waals surface area contributed by atoms with E-state index in [1.807, 2.05) is 19.9 Å². The minimum Gasteiger partial charge on any atom is -0.466 e. The Morgan fingerprint density at radius 1 is 1.22 bits per heavy atom. The smallest absolute Gasteiger partial charge is 0.409 e. The molecule has 1 N–H and O–H groups in total. The number of amides is 2. The summed E-state index contributed by atoms with van der Waals surface area (Å²) in [7, 11) is 0. The number of furan rings is 1. The van der Waals surface area contributed by atoms with Crippen LogP contribution in [0, 0.1) is 18.3 Å². The maximum Gasteiger partial charge on any atom is 0.409 e. The summed E-state index contributed by atoms with van der Waals surface area (Å²) >= 11 is 0. The van der Waals surface area contributed by atoms with E-state index in [4.69, 9.17) is 9.15 Å². The lowest BCUT2D eigenvalue weighted by Crippen LogP contribution is -2.47. The molecular formula is C25H39N3O4. The number of carbonyl (C=O) groups excluding carboxylic acids is 2. The zero-order valence-corrected chi connectivity index (χ0v) is 19.9. The number of ether oxygens (including phenoxy) is 1. The predicted octanol–water partition coefficient (Wildman–Crippen LogP) is 3.92. The molecule has 2 atom stereocenters. The first-order valence-corrected chi connectivity index (χ1v) is 12.4. The summed E-state index contributed by atoms with van der Waals surface area (Å²) in [6.45, 7) is 11.0. The van der Waals surface area contributed by atoms with E-state index in [1.54, 1.807) is 4.90 Å². The fourth-order valence-electron chi connectivity index (χ4n) is 5.45. The van der Waals surface area contributed by atoms with Gasteiger partial charge in [0, 0.05) is 31.0 Å². The van der Waals surface area contributed by atoms with Crippen molar-refractivity contribution in [3.63, 3.8) is 0 Å². The van der Waals surface area contributed by atoms with Crippen LogP contribution in [0.1, 0.15) is 69.8 Å². The third-order valence-corrected chi connectivity index (χ3v) is 7.85. The van der Waals surface area contributed by atoms with Crippen LogP contribution in [0.3, 0.4) is 0 Å². The maximum absolute atomic E-state index is 12.9. The van der Waals surface area contributed by atoms with Gasteiger partial charge in [-0.2, -0.15) is 0 Å². The molecule has 0 bridgehead atoms. The largest absolute Gasteiger partial charge is 0.466 e. The average molecular weight is 446 g/mol. The van der Waals surface area contributed by atoms with Gasteiger partial charge in [-0.05, 0) is 89.6 Å². The third kappa shape index (κ3) is 5.30. The van der Waals surface area contributed by atoms with Crippen LogP contribution in [0.25, 0.3) is 0 Å². The quantitative estimate of drug-likeness (QED) is 0.689. The van der Waals surface area contributed by atoms with Crippen LogP contribution in [0.5, 0.6) is 0 Å². The van der Waals surface area contributed by atoms with Gasteiger partial charge in [-0.25, -0.2) is 4.79 Å². The van der Waals surface area contributed by atoms with Crippen molar-refractivity contribution < 1.29 is 18.7 Å². The second-order valence-electron chi connectivity index (χ2n) is 10.1. The van der Waals surface area contributed by atoms with Crippen molar-refractivity contribution in [3.8, 4) is 0 Å². The highest BCUT2D eigenvalue weighted by atomic mass is 16.6. The van der Waals surface area contributed by atoms with Gasteiger partial charge in [0.05, 0.1) is 6.61 Å². The van der Waals surface area contributed by atoms with Gasteiger partial charge in [0.1, 0.15) is 11.5 Å². The van der Waals surface area contributed by atoms with Crippen LogP contribution >= 0.6 is 0 Å². The molecule has 1 saturated carbocycles. The molecule has 1 spiro atoms. The SMILES string of the molecule is CCOC(=O)N1CCC(NC(=O)[C@H]2CC23CCN(CC[C@@H](C)c2ccc(C)o2)CC3)CC1. The topological polar surface area (TPSA) is 75.0 Å². The molecule has 0 radical (unpaired) electrons. The molecule has 3 aliphatic rings. The number of hydrogen-bond donors (Lipinski definition) is 1. The van der Waals surface area contributed by atoms with Crippen molar-refractivity contribution >= 4 is 12.0 Å². The molecule has 0 aromatic carbocycles. The van der Waals surface area contributed by atoms with E-state index in [0.717, 1.165) is 69.7 Å². The number of carbonyl (C=O) groups is 2. The summed E-state index contributed by atoms with van der Waals surface area (Å²) in [6.07, 6.45) is 5.78. The van der Waals surface area contributed by atoms with Gasteiger partial charge in [-0.15, -0.1) is 0 Å². The van der Waals surface area contributed by atoms with E-state index in [-0.39, 0.29) is 29.4 Å². The summed E-state index contributed by atoms with van der Waals surface area (Å²) in [5.74, 6) is 2.92. The Morgan fingerprint density at radius 3 is 2.56 bits per heavy atom. The fraction of sp³-hybridized carbons (Fsp3) is 0.760. The van der Waals surface area contributed by atoms with Crippen molar-refractivity contribution in [2.45, 2.75) is 71.3 Å². The molecule has 1 aliphatic carbocycles. The van der Waals surface area contributed by atoms with Gasteiger partial charge in [0.15, 0.2) is 0 Å². The van der Waals surface area contributed by atoms with Gasteiger partial charge in [0.2, 0.25) is 5.91 Å².